The summed E-state index contributed by atoms with van der Waals surface area (Å²) in [6.45, 7) is 2.35. The molecule has 6 aromatic carbocycles. The Morgan fingerprint density at radius 2 is 0.851 bits per heavy atom. The number of rotatable bonds is 14. The molecule has 0 aliphatic heterocycles. The smallest absolute Gasteiger partial charge is 0.120 e. The fourth-order valence-corrected chi connectivity index (χ4v) is 6.89. The molecule has 0 fully saturated rings. The summed E-state index contributed by atoms with van der Waals surface area (Å²) in [4.78, 5) is 0. The van der Waals surface area contributed by atoms with Gasteiger partial charge in [-0.15, -0.1) is 0 Å². The number of hydrogen-bond acceptors (Lipinski definition) is 6. The van der Waals surface area contributed by atoms with Crippen LogP contribution in [-0.2, 0) is 14.9 Å². The van der Waals surface area contributed by atoms with Gasteiger partial charge >= 0.3 is 0 Å². The zero-order valence-corrected chi connectivity index (χ0v) is 26.2. The maximum Gasteiger partial charge on any atom is 0.120 e. The molecule has 6 aromatic rings. The van der Waals surface area contributed by atoms with E-state index in [-0.39, 0.29) is 13.2 Å². The lowest BCUT2D eigenvalue weighted by molar-refractivity contribution is 0.0705. The van der Waals surface area contributed by atoms with Gasteiger partial charge in [0.25, 0.3) is 0 Å². The maximum atomic E-state index is 8.92. The molecular weight excluding hydrogens is 588 g/mol. The average Bonchev–Trinajstić information content (AvgIpc) is 3.42. The predicted molar refractivity (Wildman–Crippen MR) is 186 cm³/mol. The lowest BCUT2D eigenvalue weighted by Gasteiger charge is -2.34. The highest BCUT2D eigenvalue weighted by Crippen LogP contribution is 2.56. The first-order chi connectivity index (χ1) is 23.2. The Hall–Kier alpha value is -4.72. The zero-order valence-electron chi connectivity index (χ0n) is 26.2. The van der Waals surface area contributed by atoms with E-state index in [1.54, 1.807) is 0 Å². The van der Waals surface area contributed by atoms with Crippen molar-refractivity contribution in [3.8, 4) is 22.6 Å². The van der Waals surface area contributed by atoms with Crippen LogP contribution >= 0.6 is 0 Å². The summed E-state index contributed by atoms with van der Waals surface area (Å²) in [5.41, 5.74) is 6.93. The zero-order chi connectivity index (χ0) is 32.1. The van der Waals surface area contributed by atoms with Crippen LogP contribution < -0.4 is 9.47 Å². The van der Waals surface area contributed by atoms with Crippen molar-refractivity contribution in [2.45, 2.75) is 5.41 Å². The minimum Gasteiger partial charge on any atom is -0.491 e. The van der Waals surface area contributed by atoms with Gasteiger partial charge in [0.15, 0.2) is 0 Å². The minimum atomic E-state index is -0.520. The number of ether oxygens (including phenoxy) is 4. The fraction of sp³-hybridized carbons (Fsp3) is 0.220. The molecule has 0 saturated carbocycles. The highest BCUT2D eigenvalue weighted by molar-refractivity contribution is 5.92. The molecule has 2 N–H and O–H groups in total. The van der Waals surface area contributed by atoms with Crippen molar-refractivity contribution < 1.29 is 29.2 Å². The lowest BCUT2D eigenvalue weighted by atomic mass is 9.67. The van der Waals surface area contributed by atoms with Gasteiger partial charge in [-0.3, -0.25) is 0 Å². The van der Waals surface area contributed by atoms with Crippen LogP contribution in [0.25, 0.3) is 32.7 Å². The van der Waals surface area contributed by atoms with Gasteiger partial charge in [-0.1, -0.05) is 84.9 Å². The standard InChI is InChI=1S/C41H38O6/c42-17-19-44-21-23-46-35-15-11-29-25-33(13-9-31(29)27-35)41(39-7-3-1-5-37(39)38-6-2-4-8-40(38)41)34-14-10-32-28-36(16-12-30(32)26-34)47-24-22-45-20-18-43/h1-16,25-28,42-43H,17-24H2. The van der Waals surface area contributed by atoms with Gasteiger partial charge in [0.2, 0.25) is 0 Å². The molecule has 0 atom stereocenters. The summed E-state index contributed by atoms with van der Waals surface area (Å²) in [5.74, 6) is 1.58. The van der Waals surface area contributed by atoms with Crippen molar-refractivity contribution in [1.29, 1.82) is 0 Å². The highest BCUT2D eigenvalue weighted by atomic mass is 16.5. The number of fused-ring (bicyclic) bond motifs is 5. The van der Waals surface area contributed by atoms with Crippen LogP contribution in [0.4, 0.5) is 0 Å². The second kappa shape index (κ2) is 14.0. The van der Waals surface area contributed by atoms with Crippen molar-refractivity contribution in [3.05, 3.63) is 144 Å². The summed E-state index contributed by atoms with van der Waals surface area (Å²) in [5, 5.41) is 22.3. The second-order valence-corrected chi connectivity index (χ2v) is 11.7. The second-order valence-electron chi connectivity index (χ2n) is 11.7. The maximum absolute atomic E-state index is 8.92. The first kappa shape index (κ1) is 30.9. The van der Waals surface area contributed by atoms with Crippen molar-refractivity contribution >= 4 is 21.5 Å². The van der Waals surface area contributed by atoms with Gasteiger partial charge in [0, 0.05) is 0 Å². The molecule has 0 saturated heterocycles. The van der Waals surface area contributed by atoms with Crippen LogP contribution in [-0.4, -0.2) is 63.1 Å². The number of aliphatic hydroxyl groups excluding tert-OH is 2. The summed E-state index contributed by atoms with van der Waals surface area (Å²) in [6, 6.07) is 43.5. The van der Waals surface area contributed by atoms with E-state index in [0.717, 1.165) is 33.0 Å². The Morgan fingerprint density at radius 3 is 1.32 bits per heavy atom. The van der Waals surface area contributed by atoms with E-state index >= 15 is 0 Å². The van der Waals surface area contributed by atoms with E-state index in [4.69, 9.17) is 29.2 Å². The van der Waals surface area contributed by atoms with Crippen LogP contribution in [0.3, 0.4) is 0 Å². The quantitative estimate of drug-likeness (QED) is 0.125. The molecule has 0 radical (unpaired) electrons. The van der Waals surface area contributed by atoms with Crippen molar-refractivity contribution in [1.82, 2.24) is 0 Å². The Labute approximate surface area is 274 Å². The van der Waals surface area contributed by atoms with E-state index in [1.807, 2.05) is 12.1 Å². The van der Waals surface area contributed by atoms with Crippen LogP contribution in [0.1, 0.15) is 22.3 Å². The molecule has 0 unspecified atom stereocenters. The van der Waals surface area contributed by atoms with Gasteiger partial charge in [0.1, 0.15) is 24.7 Å². The van der Waals surface area contributed by atoms with Crippen molar-refractivity contribution in [2.24, 2.45) is 0 Å². The topological polar surface area (TPSA) is 77.4 Å². The summed E-state index contributed by atoms with van der Waals surface area (Å²) in [7, 11) is 0. The van der Waals surface area contributed by atoms with E-state index in [0.29, 0.717) is 39.6 Å². The number of hydrogen-bond donors (Lipinski definition) is 2. The SMILES string of the molecule is OCCOCCOc1ccc2cc(C3(c4ccc5cc(OCCOCCO)ccc5c4)c4ccccc4-c4ccccc43)ccc2c1. The molecule has 6 nitrogen and oxygen atoms in total. The van der Waals surface area contributed by atoms with Crippen molar-refractivity contribution in [3.63, 3.8) is 0 Å². The van der Waals surface area contributed by atoms with Gasteiger partial charge in [0.05, 0.1) is 45.1 Å². The number of benzene rings is 6. The average molecular weight is 627 g/mol. The van der Waals surface area contributed by atoms with Crippen LogP contribution in [0.15, 0.2) is 121 Å². The third kappa shape index (κ3) is 5.97. The summed E-state index contributed by atoms with van der Waals surface area (Å²) < 4.78 is 22.5. The molecule has 0 bridgehead atoms. The van der Waals surface area contributed by atoms with Crippen LogP contribution in [0.5, 0.6) is 11.5 Å². The number of aliphatic hydroxyl groups is 2. The van der Waals surface area contributed by atoms with Crippen LogP contribution in [0, 0.1) is 0 Å². The van der Waals surface area contributed by atoms with Crippen molar-refractivity contribution in [2.75, 3.05) is 52.9 Å². The molecule has 0 aromatic heterocycles. The molecule has 47 heavy (non-hydrogen) atoms. The predicted octanol–water partition coefficient (Wildman–Crippen LogP) is 7.13. The van der Waals surface area contributed by atoms with Gasteiger partial charge in [-0.05, 0) is 91.3 Å². The molecule has 1 aliphatic rings. The third-order valence-electron chi connectivity index (χ3n) is 8.91. The summed E-state index contributed by atoms with van der Waals surface area (Å²) >= 11 is 0. The molecule has 0 spiro atoms. The first-order valence-electron chi connectivity index (χ1n) is 16.1. The fourth-order valence-electron chi connectivity index (χ4n) is 6.89. The third-order valence-corrected chi connectivity index (χ3v) is 8.91. The van der Waals surface area contributed by atoms with Crippen LogP contribution in [0.2, 0.25) is 0 Å². The van der Waals surface area contributed by atoms with Gasteiger partial charge in [-0.25, -0.2) is 0 Å². The summed E-state index contributed by atoms with van der Waals surface area (Å²) in [6.07, 6.45) is 0. The minimum absolute atomic E-state index is 0.00727. The molecule has 7 rings (SSSR count). The molecule has 0 amide bonds. The largest absolute Gasteiger partial charge is 0.491 e. The molecule has 238 valence electrons. The molecule has 1 aliphatic carbocycles. The highest BCUT2D eigenvalue weighted by Gasteiger charge is 2.46. The Morgan fingerprint density at radius 1 is 0.426 bits per heavy atom. The Bertz CT molecular complexity index is 1860. The van der Waals surface area contributed by atoms with Gasteiger partial charge in [-0.2, -0.15) is 0 Å². The van der Waals surface area contributed by atoms with E-state index in [9.17, 15) is 0 Å². The van der Waals surface area contributed by atoms with E-state index in [2.05, 4.69) is 109 Å². The van der Waals surface area contributed by atoms with E-state index in [1.165, 1.54) is 33.4 Å². The molecular formula is C41H38O6. The monoisotopic (exact) mass is 626 g/mol. The lowest BCUT2D eigenvalue weighted by Crippen LogP contribution is -2.28. The molecule has 0 heterocycles. The normalized spacial score (nSPS) is 13.1. The Kier molecular flexibility index (Phi) is 9.18. The van der Waals surface area contributed by atoms with Gasteiger partial charge < -0.3 is 29.2 Å². The first-order valence-corrected chi connectivity index (χ1v) is 16.1. The Balaban J connectivity index is 1.30. The molecule has 6 heteroatoms. The van der Waals surface area contributed by atoms with E-state index < -0.39 is 5.41 Å².